The Bertz CT molecular complexity index is 372. The Hall–Kier alpha value is -1.22. The van der Waals surface area contributed by atoms with Crippen molar-refractivity contribution in [1.82, 2.24) is 5.01 Å². The fourth-order valence-corrected chi connectivity index (χ4v) is 1.74. The van der Waals surface area contributed by atoms with E-state index in [0.29, 0.717) is 5.92 Å². The maximum absolute atomic E-state index is 5.81. The molecule has 1 unspecified atom stereocenters. The molecule has 0 spiro atoms. The first-order valence-corrected chi connectivity index (χ1v) is 5.36. The summed E-state index contributed by atoms with van der Waals surface area (Å²) in [4.78, 5) is 0. The normalized spacial score (nSPS) is 20.5. The molecule has 0 radical (unpaired) electrons. The molecule has 80 valence electrons. The van der Waals surface area contributed by atoms with E-state index in [9.17, 15) is 0 Å². The first-order chi connectivity index (χ1) is 7.15. The van der Waals surface area contributed by atoms with E-state index >= 15 is 0 Å². The van der Waals surface area contributed by atoms with Crippen molar-refractivity contribution in [3.8, 4) is 0 Å². The van der Waals surface area contributed by atoms with Gasteiger partial charge in [-0.25, -0.2) is 0 Å². The summed E-state index contributed by atoms with van der Waals surface area (Å²) < 4.78 is 0. The lowest BCUT2D eigenvalue weighted by molar-refractivity contribution is 0.292. The van der Waals surface area contributed by atoms with Crippen LogP contribution in [0.3, 0.4) is 0 Å². The minimum absolute atomic E-state index is 0.359. The molecule has 1 atom stereocenters. The van der Waals surface area contributed by atoms with Crippen LogP contribution in [0.1, 0.15) is 12.5 Å². The van der Waals surface area contributed by atoms with Crippen LogP contribution in [0.25, 0.3) is 0 Å². The number of benzene rings is 1. The summed E-state index contributed by atoms with van der Waals surface area (Å²) in [5, 5.41) is 7.03. The number of halogens is 1. The van der Waals surface area contributed by atoms with Crippen molar-refractivity contribution in [2.24, 2.45) is 16.8 Å². The Labute approximate surface area is 94.5 Å². The van der Waals surface area contributed by atoms with Crippen LogP contribution >= 0.6 is 11.6 Å². The van der Waals surface area contributed by atoms with Crippen molar-refractivity contribution in [2.75, 3.05) is 6.54 Å². The van der Waals surface area contributed by atoms with Crippen molar-refractivity contribution in [3.63, 3.8) is 0 Å². The molecule has 0 saturated carbocycles. The van der Waals surface area contributed by atoms with E-state index in [-0.39, 0.29) is 0 Å². The molecular weight excluding hydrogens is 210 g/mol. The van der Waals surface area contributed by atoms with Crippen LogP contribution in [-0.2, 0) is 6.54 Å². The quantitative estimate of drug-likeness (QED) is 0.834. The Balaban J connectivity index is 2.02. The molecule has 0 aromatic heterocycles. The maximum Gasteiger partial charge on any atom is 0.124 e. The molecule has 1 aliphatic heterocycles. The molecule has 0 fully saturated rings. The predicted octanol–water partition coefficient (Wildman–Crippen LogP) is 2.06. The van der Waals surface area contributed by atoms with Gasteiger partial charge in [-0.3, -0.25) is 5.01 Å². The Morgan fingerprint density at radius 2 is 2.13 bits per heavy atom. The summed E-state index contributed by atoms with van der Waals surface area (Å²) in [6, 6.07) is 7.81. The number of nitrogens with zero attached hydrogens (tertiary/aromatic N) is 2. The standard InChI is InChI=1S/C11H14ClN3/c1-8-6-15(14-11(8)13)7-9-2-4-10(12)5-3-9/h2-5,8H,6-7H2,1H3,(H2,13,14). The summed E-state index contributed by atoms with van der Waals surface area (Å²) in [7, 11) is 0. The molecule has 1 aromatic rings. The van der Waals surface area contributed by atoms with Crippen LogP contribution in [0.5, 0.6) is 0 Å². The van der Waals surface area contributed by atoms with Crippen molar-refractivity contribution in [1.29, 1.82) is 0 Å². The van der Waals surface area contributed by atoms with E-state index in [0.717, 1.165) is 23.9 Å². The van der Waals surface area contributed by atoms with Gasteiger partial charge in [-0.1, -0.05) is 30.7 Å². The van der Waals surface area contributed by atoms with E-state index in [4.69, 9.17) is 17.3 Å². The van der Waals surface area contributed by atoms with Crippen LogP contribution in [-0.4, -0.2) is 17.4 Å². The molecule has 0 amide bonds. The van der Waals surface area contributed by atoms with Gasteiger partial charge < -0.3 is 5.73 Å². The highest BCUT2D eigenvalue weighted by Crippen LogP contribution is 2.16. The second-order valence-corrected chi connectivity index (χ2v) is 4.34. The van der Waals surface area contributed by atoms with E-state index in [1.54, 1.807) is 0 Å². The number of hydrogen-bond acceptors (Lipinski definition) is 3. The third kappa shape index (κ3) is 2.42. The van der Waals surface area contributed by atoms with Gasteiger partial charge in [-0.05, 0) is 17.7 Å². The number of nitrogens with two attached hydrogens (primary N) is 1. The second kappa shape index (κ2) is 4.11. The summed E-state index contributed by atoms with van der Waals surface area (Å²) in [6.07, 6.45) is 0. The molecule has 3 nitrogen and oxygen atoms in total. The first-order valence-electron chi connectivity index (χ1n) is 4.98. The predicted molar refractivity (Wildman–Crippen MR) is 62.6 cm³/mol. The van der Waals surface area contributed by atoms with Gasteiger partial charge in [0, 0.05) is 17.5 Å². The number of amidine groups is 1. The summed E-state index contributed by atoms with van der Waals surface area (Å²) in [5.74, 6) is 1.08. The van der Waals surface area contributed by atoms with Crippen LogP contribution < -0.4 is 5.73 Å². The highest BCUT2D eigenvalue weighted by Gasteiger charge is 2.19. The van der Waals surface area contributed by atoms with Crippen LogP contribution in [0.2, 0.25) is 5.02 Å². The topological polar surface area (TPSA) is 41.6 Å². The zero-order valence-corrected chi connectivity index (χ0v) is 9.41. The van der Waals surface area contributed by atoms with Crippen LogP contribution in [0, 0.1) is 5.92 Å². The van der Waals surface area contributed by atoms with Gasteiger partial charge in [0.1, 0.15) is 5.84 Å². The van der Waals surface area contributed by atoms with Gasteiger partial charge in [-0.2, -0.15) is 5.10 Å². The van der Waals surface area contributed by atoms with Crippen molar-refractivity contribution < 1.29 is 0 Å². The number of hydrazone groups is 1. The molecule has 2 N–H and O–H groups in total. The highest BCUT2D eigenvalue weighted by atomic mass is 35.5. The Kier molecular flexibility index (Phi) is 2.82. The molecule has 1 aliphatic rings. The number of hydrogen-bond donors (Lipinski definition) is 1. The zero-order valence-electron chi connectivity index (χ0n) is 8.65. The van der Waals surface area contributed by atoms with Crippen molar-refractivity contribution in [3.05, 3.63) is 34.9 Å². The molecule has 1 heterocycles. The fourth-order valence-electron chi connectivity index (χ4n) is 1.61. The summed E-state index contributed by atoms with van der Waals surface area (Å²) in [6.45, 7) is 3.78. The molecule has 4 heteroatoms. The molecule has 0 saturated heterocycles. The third-order valence-corrected chi connectivity index (χ3v) is 2.78. The van der Waals surface area contributed by atoms with Gasteiger partial charge in [-0.15, -0.1) is 0 Å². The second-order valence-electron chi connectivity index (χ2n) is 3.90. The lowest BCUT2D eigenvalue weighted by Crippen LogP contribution is -2.20. The van der Waals surface area contributed by atoms with Crippen molar-refractivity contribution >= 4 is 17.4 Å². The molecule has 0 bridgehead atoms. The zero-order chi connectivity index (χ0) is 10.8. The Morgan fingerprint density at radius 1 is 1.47 bits per heavy atom. The van der Waals surface area contributed by atoms with Gasteiger partial charge in [0.25, 0.3) is 0 Å². The van der Waals surface area contributed by atoms with E-state index in [2.05, 4.69) is 12.0 Å². The van der Waals surface area contributed by atoms with Gasteiger partial charge >= 0.3 is 0 Å². The molecule has 15 heavy (non-hydrogen) atoms. The van der Waals surface area contributed by atoms with Gasteiger partial charge in [0.2, 0.25) is 0 Å². The van der Waals surface area contributed by atoms with Crippen LogP contribution in [0.4, 0.5) is 0 Å². The highest BCUT2D eigenvalue weighted by molar-refractivity contribution is 6.30. The maximum atomic E-state index is 5.81. The SMILES string of the molecule is CC1CN(Cc2ccc(Cl)cc2)N=C1N. The van der Waals surface area contributed by atoms with Gasteiger partial charge in [0.05, 0.1) is 6.54 Å². The summed E-state index contributed by atoms with van der Waals surface area (Å²) >= 11 is 5.81. The monoisotopic (exact) mass is 223 g/mol. The largest absolute Gasteiger partial charge is 0.385 e. The molecular formula is C11H14ClN3. The van der Waals surface area contributed by atoms with Gasteiger partial charge in [0.15, 0.2) is 0 Å². The molecule has 0 aliphatic carbocycles. The fraction of sp³-hybridized carbons (Fsp3) is 0.364. The average Bonchev–Trinajstić information content (AvgIpc) is 2.50. The van der Waals surface area contributed by atoms with Crippen molar-refractivity contribution in [2.45, 2.75) is 13.5 Å². The minimum Gasteiger partial charge on any atom is -0.385 e. The lowest BCUT2D eigenvalue weighted by atomic mass is 10.1. The number of rotatable bonds is 2. The van der Waals surface area contributed by atoms with E-state index in [1.165, 1.54) is 5.56 Å². The van der Waals surface area contributed by atoms with Crippen LogP contribution in [0.15, 0.2) is 29.4 Å². The smallest absolute Gasteiger partial charge is 0.124 e. The summed E-state index contributed by atoms with van der Waals surface area (Å²) in [5.41, 5.74) is 6.93. The minimum atomic E-state index is 0.359. The first kappa shape index (κ1) is 10.3. The molecule has 1 aromatic carbocycles. The van der Waals surface area contributed by atoms with E-state index in [1.807, 2.05) is 29.3 Å². The van der Waals surface area contributed by atoms with E-state index < -0.39 is 0 Å². The lowest BCUT2D eigenvalue weighted by Gasteiger charge is -2.14. The average molecular weight is 224 g/mol. The molecule has 2 rings (SSSR count). The Morgan fingerprint density at radius 3 is 2.67 bits per heavy atom. The third-order valence-electron chi connectivity index (χ3n) is 2.52.